The Morgan fingerprint density at radius 3 is 2.19 bits per heavy atom. The van der Waals surface area contributed by atoms with Gasteiger partial charge in [0.15, 0.2) is 0 Å². The van der Waals surface area contributed by atoms with E-state index in [0.717, 1.165) is 32.1 Å². The number of benzene rings is 2. The lowest BCUT2D eigenvalue weighted by Crippen LogP contribution is -2.43. The fourth-order valence-electron chi connectivity index (χ4n) is 6.00. The summed E-state index contributed by atoms with van der Waals surface area (Å²) < 4.78 is 11.7. The monoisotopic (exact) mass is 420 g/mol. The van der Waals surface area contributed by atoms with Gasteiger partial charge in [-0.05, 0) is 73.6 Å². The maximum absolute atomic E-state index is 12.7. The Hall–Kier alpha value is -2.62. The van der Waals surface area contributed by atoms with Crippen LogP contribution in [0.5, 0.6) is 0 Å². The number of hydrogen-bond acceptors (Lipinski definition) is 4. The molecular formula is C27H32O4. The third-order valence-corrected chi connectivity index (χ3v) is 7.58. The van der Waals surface area contributed by atoms with E-state index < -0.39 is 0 Å². The molecule has 4 nitrogen and oxygen atoms in total. The predicted molar refractivity (Wildman–Crippen MR) is 120 cm³/mol. The molecule has 4 heteroatoms. The molecule has 0 aliphatic heterocycles. The second kappa shape index (κ2) is 9.25. The Balaban J connectivity index is 1.39. The van der Waals surface area contributed by atoms with Crippen LogP contribution in [0, 0.1) is 23.2 Å². The average molecular weight is 421 g/mol. The van der Waals surface area contributed by atoms with Gasteiger partial charge in [0.2, 0.25) is 0 Å². The Kier molecular flexibility index (Phi) is 6.45. The van der Waals surface area contributed by atoms with Crippen LogP contribution in [0.1, 0.15) is 66.7 Å². The first-order valence-corrected chi connectivity index (χ1v) is 11.5. The van der Waals surface area contributed by atoms with E-state index in [2.05, 4.69) is 13.8 Å². The molecule has 0 aromatic heterocycles. The van der Waals surface area contributed by atoms with Crippen molar-refractivity contribution >= 4 is 11.9 Å². The van der Waals surface area contributed by atoms with E-state index in [1.54, 1.807) is 12.1 Å². The van der Waals surface area contributed by atoms with Crippen molar-refractivity contribution in [2.24, 2.45) is 23.2 Å². The number of ether oxygens (including phenoxy) is 2. The standard InChI is InChI=1S/C27H32O4/c1-19(18-30-25(28)20-10-5-3-6-11-20)22-15-16-23-24(14-9-17-27(22,23)2)31-26(29)21-12-7-4-8-13-21/h3-8,10-13,19,22-24H,9,14-18H2,1-2H3/t19-,22?,23+,24+,27-/m1/s1. The van der Waals surface area contributed by atoms with E-state index in [4.69, 9.17) is 9.47 Å². The van der Waals surface area contributed by atoms with E-state index >= 15 is 0 Å². The van der Waals surface area contributed by atoms with Crippen molar-refractivity contribution < 1.29 is 19.1 Å². The number of carbonyl (C=O) groups excluding carboxylic acids is 2. The lowest BCUT2D eigenvalue weighted by Gasteiger charge is -2.46. The molecule has 0 saturated heterocycles. The molecule has 0 heterocycles. The molecule has 2 aromatic carbocycles. The van der Waals surface area contributed by atoms with Gasteiger partial charge in [0.1, 0.15) is 6.10 Å². The molecule has 5 atom stereocenters. The first-order chi connectivity index (χ1) is 15.0. The SMILES string of the molecule is C[C@H](COC(=O)c1ccccc1)C1CC[C@H]2[C@@H](OC(=O)c3ccccc3)CCC[C@]12C. The second-order valence-electron chi connectivity index (χ2n) is 9.44. The normalized spacial score (nSPS) is 28.4. The first kappa shape index (κ1) is 21.6. The van der Waals surface area contributed by atoms with Crippen LogP contribution >= 0.6 is 0 Å². The van der Waals surface area contributed by atoms with Crippen molar-refractivity contribution in [2.75, 3.05) is 6.61 Å². The fourth-order valence-corrected chi connectivity index (χ4v) is 6.00. The van der Waals surface area contributed by atoms with Gasteiger partial charge in [-0.25, -0.2) is 9.59 Å². The molecule has 0 spiro atoms. The van der Waals surface area contributed by atoms with Crippen molar-refractivity contribution in [1.29, 1.82) is 0 Å². The molecule has 2 fully saturated rings. The highest BCUT2D eigenvalue weighted by atomic mass is 16.5. The largest absolute Gasteiger partial charge is 0.462 e. The summed E-state index contributed by atoms with van der Waals surface area (Å²) >= 11 is 0. The third-order valence-electron chi connectivity index (χ3n) is 7.58. The van der Waals surface area contributed by atoms with Crippen LogP contribution < -0.4 is 0 Å². The fraction of sp³-hybridized carbons (Fsp3) is 0.481. The molecule has 2 saturated carbocycles. The Labute approximate surface area is 185 Å². The van der Waals surface area contributed by atoms with E-state index in [0.29, 0.717) is 29.6 Å². The molecule has 0 N–H and O–H groups in total. The molecule has 0 radical (unpaired) electrons. The van der Waals surface area contributed by atoms with Crippen LogP contribution in [0.3, 0.4) is 0 Å². The topological polar surface area (TPSA) is 52.6 Å². The number of rotatable bonds is 6. The summed E-state index contributed by atoms with van der Waals surface area (Å²) in [6.07, 6.45) is 5.25. The van der Waals surface area contributed by atoms with Crippen LogP contribution in [0.15, 0.2) is 60.7 Å². The van der Waals surface area contributed by atoms with E-state index in [-0.39, 0.29) is 29.4 Å². The highest BCUT2D eigenvalue weighted by Gasteiger charge is 2.53. The van der Waals surface area contributed by atoms with Crippen molar-refractivity contribution in [3.05, 3.63) is 71.8 Å². The van der Waals surface area contributed by atoms with Crippen LogP contribution in [-0.4, -0.2) is 24.6 Å². The maximum Gasteiger partial charge on any atom is 0.338 e. The van der Waals surface area contributed by atoms with Crippen LogP contribution in [-0.2, 0) is 9.47 Å². The number of fused-ring (bicyclic) bond motifs is 1. The zero-order valence-corrected chi connectivity index (χ0v) is 18.5. The molecule has 164 valence electrons. The molecule has 2 aromatic rings. The summed E-state index contributed by atoms with van der Waals surface area (Å²) in [7, 11) is 0. The molecule has 0 amide bonds. The molecule has 0 bridgehead atoms. The predicted octanol–water partition coefficient (Wildman–Crippen LogP) is 5.92. The molecule has 31 heavy (non-hydrogen) atoms. The van der Waals surface area contributed by atoms with Gasteiger partial charge in [-0.2, -0.15) is 0 Å². The molecular weight excluding hydrogens is 388 g/mol. The van der Waals surface area contributed by atoms with Crippen LogP contribution in [0.25, 0.3) is 0 Å². The van der Waals surface area contributed by atoms with Crippen molar-refractivity contribution in [3.63, 3.8) is 0 Å². The molecule has 2 aliphatic rings. The summed E-state index contributed by atoms with van der Waals surface area (Å²) in [5.41, 5.74) is 1.32. The third kappa shape index (κ3) is 4.53. The Bertz CT molecular complexity index is 894. The summed E-state index contributed by atoms with van der Waals surface area (Å²) in [4.78, 5) is 25.0. The van der Waals surface area contributed by atoms with Crippen molar-refractivity contribution in [1.82, 2.24) is 0 Å². The average Bonchev–Trinajstić information content (AvgIpc) is 3.16. The van der Waals surface area contributed by atoms with E-state index in [1.165, 1.54) is 0 Å². The number of hydrogen-bond donors (Lipinski definition) is 0. The molecule has 2 aliphatic carbocycles. The maximum atomic E-state index is 12.7. The van der Waals surface area contributed by atoms with Gasteiger partial charge >= 0.3 is 11.9 Å². The molecule has 4 rings (SSSR count). The smallest absolute Gasteiger partial charge is 0.338 e. The van der Waals surface area contributed by atoms with Gasteiger partial charge in [0.05, 0.1) is 17.7 Å². The number of esters is 2. The second-order valence-corrected chi connectivity index (χ2v) is 9.44. The van der Waals surface area contributed by atoms with Crippen LogP contribution in [0.2, 0.25) is 0 Å². The van der Waals surface area contributed by atoms with Crippen molar-refractivity contribution in [3.8, 4) is 0 Å². The lowest BCUT2D eigenvalue weighted by molar-refractivity contribution is -0.0511. The zero-order chi connectivity index (χ0) is 21.8. The van der Waals surface area contributed by atoms with Gasteiger partial charge in [-0.15, -0.1) is 0 Å². The van der Waals surface area contributed by atoms with Gasteiger partial charge in [0, 0.05) is 5.92 Å². The Morgan fingerprint density at radius 1 is 0.935 bits per heavy atom. The zero-order valence-electron chi connectivity index (χ0n) is 18.5. The van der Waals surface area contributed by atoms with Crippen LogP contribution in [0.4, 0.5) is 0 Å². The van der Waals surface area contributed by atoms with E-state index in [1.807, 2.05) is 48.5 Å². The molecule has 1 unspecified atom stereocenters. The van der Waals surface area contributed by atoms with E-state index in [9.17, 15) is 9.59 Å². The number of carbonyl (C=O) groups is 2. The minimum atomic E-state index is -0.259. The summed E-state index contributed by atoms with van der Waals surface area (Å²) in [5.74, 6) is 0.616. The summed E-state index contributed by atoms with van der Waals surface area (Å²) in [6, 6.07) is 18.4. The van der Waals surface area contributed by atoms with Crippen molar-refractivity contribution in [2.45, 2.75) is 52.1 Å². The lowest BCUT2D eigenvalue weighted by atomic mass is 9.62. The minimum absolute atomic E-state index is 0.0319. The first-order valence-electron chi connectivity index (χ1n) is 11.5. The minimum Gasteiger partial charge on any atom is -0.462 e. The highest BCUT2D eigenvalue weighted by Crippen LogP contribution is 2.58. The quantitative estimate of drug-likeness (QED) is 0.544. The highest BCUT2D eigenvalue weighted by molar-refractivity contribution is 5.89. The van der Waals surface area contributed by atoms with Gasteiger partial charge in [0.25, 0.3) is 0 Å². The van der Waals surface area contributed by atoms with Gasteiger partial charge < -0.3 is 9.47 Å². The summed E-state index contributed by atoms with van der Waals surface area (Å²) in [5, 5.41) is 0. The van der Waals surface area contributed by atoms with Gasteiger partial charge in [-0.3, -0.25) is 0 Å². The summed E-state index contributed by atoms with van der Waals surface area (Å²) in [6.45, 7) is 4.97. The Morgan fingerprint density at radius 2 is 1.55 bits per heavy atom. The van der Waals surface area contributed by atoms with Gasteiger partial charge in [-0.1, -0.05) is 50.2 Å².